The molecule has 6 heteroatoms. The normalized spacial score (nSPS) is 10.9. The first kappa shape index (κ1) is 17.7. The zero-order valence-electron chi connectivity index (χ0n) is 12.6. The van der Waals surface area contributed by atoms with Gasteiger partial charge in [0.2, 0.25) is 0 Å². The fourth-order valence-corrected chi connectivity index (χ4v) is 1.70. The van der Waals surface area contributed by atoms with Gasteiger partial charge < -0.3 is 15.4 Å². The Labute approximate surface area is 129 Å². The van der Waals surface area contributed by atoms with Crippen LogP contribution in [-0.4, -0.2) is 32.7 Å². The van der Waals surface area contributed by atoms with Crippen LogP contribution in [0.2, 0.25) is 0 Å². The molecular weight excluding hydrogens is 285 g/mol. The van der Waals surface area contributed by atoms with Gasteiger partial charge in [-0.2, -0.15) is 5.26 Å². The zero-order valence-corrected chi connectivity index (χ0v) is 12.6. The fourth-order valence-electron chi connectivity index (χ4n) is 1.70. The zero-order chi connectivity index (χ0) is 16.2. The van der Waals surface area contributed by atoms with Crippen molar-refractivity contribution in [3.05, 3.63) is 47.4 Å². The second-order valence-electron chi connectivity index (χ2n) is 4.60. The average Bonchev–Trinajstić information content (AvgIpc) is 2.53. The summed E-state index contributed by atoms with van der Waals surface area (Å²) in [7, 11) is 1.59. The molecule has 0 aromatic heterocycles. The first-order valence-electron chi connectivity index (χ1n) is 7.02. The Morgan fingerprint density at radius 3 is 2.73 bits per heavy atom. The third kappa shape index (κ3) is 6.86. The number of carbonyl (C=O) groups excluding carboxylic acids is 1. The lowest BCUT2D eigenvalue weighted by Gasteiger charge is -2.05. The number of hydrogen-bond acceptors (Lipinski definition) is 4. The summed E-state index contributed by atoms with van der Waals surface area (Å²) in [5.74, 6) is -0.679. The van der Waals surface area contributed by atoms with Gasteiger partial charge in [-0.15, -0.1) is 0 Å². The molecular formula is C16H20FN3O2. The topological polar surface area (TPSA) is 74.1 Å². The molecule has 0 saturated heterocycles. The van der Waals surface area contributed by atoms with Crippen LogP contribution in [0.4, 0.5) is 4.39 Å². The predicted octanol–water partition coefficient (Wildman–Crippen LogP) is 1.52. The molecule has 0 aliphatic heterocycles. The number of ether oxygens (including phenoxy) is 1. The molecule has 118 valence electrons. The Bertz CT molecular complexity index is 535. The molecule has 0 aliphatic rings. The number of methoxy groups -OCH3 is 1. The Morgan fingerprint density at radius 2 is 2.09 bits per heavy atom. The Morgan fingerprint density at radius 1 is 1.36 bits per heavy atom. The standard InChI is InChI=1S/C16H20FN3O2/c1-22-10-2-8-20-16(21)14(11-18)12-19-9-7-13-3-5-15(17)6-4-13/h3-6,12,19H,2,7-10H2,1H3,(H,20,21)/b14-12-. The van der Waals surface area contributed by atoms with Crippen molar-refractivity contribution in [3.63, 3.8) is 0 Å². The maximum atomic E-state index is 12.8. The summed E-state index contributed by atoms with van der Waals surface area (Å²) in [6.45, 7) is 1.57. The molecule has 0 radical (unpaired) electrons. The molecule has 22 heavy (non-hydrogen) atoms. The van der Waals surface area contributed by atoms with Crippen molar-refractivity contribution in [2.75, 3.05) is 26.8 Å². The minimum Gasteiger partial charge on any atom is -0.389 e. The van der Waals surface area contributed by atoms with Gasteiger partial charge in [0, 0.05) is 33.0 Å². The minimum atomic E-state index is -0.409. The quantitative estimate of drug-likeness (QED) is 0.412. The van der Waals surface area contributed by atoms with Crippen LogP contribution in [0.3, 0.4) is 0 Å². The van der Waals surface area contributed by atoms with E-state index in [1.165, 1.54) is 18.3 Å². The van der Waals surface area contributed by atoms with Gasteiger partial charge in [-0.25, -0.2) is 4.39 Å². The molecule has 1 amide bonds. The average molecular weight is 305 g/mol. The number of nitriles is 1. The molecule has 0 atom stereocenters. The predicted molar refractivity (Wildman–Crippen MR) is 81.3 cm³/mol. The van der Waals surface area contributed by atoms with E-state index in [0.717, 1.165) is 5.56 Å². The van der Waals surface area contributed by atoms with Crippen molar-refractivity contribution in [2.24, 2.45) is 0 Å². The number of carbonyl (C=O) groups is 1. The van der Waals surface area contributed by atoms with Crippen LogP contribution in [0, 0.1) is 17.1 Å². The number of rotatable bonds is 9. The Balaban J connectivity index is 2.33. The highest BCUT2D eigenvalue weighted by Gasteiger charge is 2.07. The SMILES string of the molecule is COCCCNC(=O)/C(C#N)=C\NCCc1ccc(F)cc1. The van der Waals surface area contributed by atoms with Gasteiger partial charge in [-0.3, -0.25) is 4.79 Å². The monoisotopic (exact) mass is 305 g/mol. The van der Waals surface area contributed by atoms with Crippen molar-refractivity contribution in [3.8, 4) is 6.07 Å². The molecule has 0 bridgehead atoms. The van der Waals surface area contributed by atoms with Gasteiger partial charge >= 0.3 is 0 Å². The Hall–Kier alpha value is -2.39. The molecule has 0 heterocycles. The summed E-state index contributed by atoms with van der Waals surface area (Å²) >= 11 is 0. The van der Waals surface area contributed by atoms with Crippen LogP contribution in [0.25, 0.3) is 0 Å². The fraction of sp³-hybridized carbons (Fsp3) is 0.375. The minimum absolute atomic E-state index is 0.0246. The smallest absolute Gasteiger partial charge is 0.263 e. The van der Waals surface area contributed by atoms with Crippen molar-refractivity contribution in [1.82, 2.24) is 10.6 Å². The van der Waals surface area contributed by atoms with E-state index in [-0.39, 0.29) is 11.4 Å². The maximum Gasteiger partial charge on any atom is 0.263 e. The number of nitrogens with zero attached hydrogens (tertiary/aromatic N) is 1. The molecule has 2 N–H and O–H groups in total. The van der Waals surface area contributed by atoms with E-state index in [9.17, 15) is 9.18 Å². The molecule has 0 spiro atoms. The number of amides is 1. The Kier molecular flexibility index (Phi) is 8.31. The first-order valence-corrected chi connectivity index (χ1v) is 7.02. The van der Waals surface area contributed by atoms with Crippen LogP contribution in [0.1, 0.15) is 12.0 Å². The van der Waals surface area contributed by atoms with E-state index in [1.807, 2.05) is 6.07 Å². The molecule has 1 aromatic rings. The molecule has 5 nitrogen and oxygen atoms in total. The lowest BCUT2D eigenvalue weighted by Crippen LogP contribution is -2.27. The highest BCUT2D eigenvalue weighted by molar-refractivity contribution is 5.97. The van der Waals surface area contributed by atoms with Gasteiger partial charge in [-0.05, 0) is 30.5 Å². The molecule has 0 fully saturated rings. The van der Waals surface area contributed by atoms with Crippen LogP contribution in [0.5, 0.6) is 0 Å². The molecule has 0 aliphatic carbocycles. The summed E-state index contributed by atoms with van der Waals surface area (Å²) in [6, 6.07) is 8.06. The lowest BCUT2D eigenvalue weighted by molar-refractivity contribution is -0.117. The maximum absolute atomic E-state index is 12.8. The number of benzene rings is 1. The summed E-state index contributed by atoms with van der Waals surface area (Å²) < 4.78 is 17.6. The molecule has 1 aromatic carbocycles. The first-order chi connectivity index (χ1) is 10.7. The van der Waals surface area contributed by atoms with Gasteiger partial charge in [0.25, 0.3) is 5.91 Å². The van der Waals surface area contributed by atoms with Crippen LogP contribution in [-0.2, 0) is 16.0 Å². The van der Waals surface area contributed by atoms with Gasteiger partial charge in [0.1, 0.15) is 17.5 Å². The van der Waals surface area contributed by atoms with Gasteiger partial charge in [0.05, 0.1) is 0 Å². The van der Waals surface area contributed by atoms with Crippen molar-refractivity contribution in [1.29, 1.82) is 5.26 Å². The summed E-state index contributed by atoms with van der Waals surface area (Å²) in [5.41, 5.74) is 1.00. The third-order valence-corrected chi connectivity index (χ3v) is 2.89. The number of halogens is 1. The molecule has 0 saturated carbocycles. The largest absolute Gasteiger partial charge is 0.389 e. The number of hydrogen-bond donors (Lipinski definition) is 2. The van der Waals surface area contributed by atoms with Crippen LogP contribution in [0.15, 0.2) is 36.0 Å². The van der Waals surface area contributed by atoms with E-state index in [0.29, 0.717) is 32.5 Å². The van der Waals surface area contributed by atoms with E-state index in [4.69, 9.17) is 10.00 Å². The molecule has 0 unspecified atom stereocenters. The summed E-state index contributed by atoms with van der Waals surface area (Å²) in [6.07, 6.45) is 2.76. The highest BCUT2D eigenvalue weighted by Crippen LogP contribution is 2.02. The van der Waals surface area contributed by atoms with E-state index < -0.39 is 5.91 Å². The van der Waals surface area contributed by atoms with Crippen molar-refractivity contribution < 1.29 is 13.9 Å². The summed E-state index contributed by atoms with van der Waals surface area (Å²) in [5, 5.41) is 14.5. The van der Waals surface area contributed by atoms with E-state index in [2.05, 4.69) is 10.6 Å². The molecule has 1 rings (SSSR count). The third-order valence-electron chi connectivity index (χ3n) is 2.89. The van der Waals surface area contributed by atoms with Crippen LogP contribution >= 0.6 is 0 Å². The van der Waals surface area contributed by atoms with Gasteiger partial charge in [-0.1, -0.05) is 12.1 Å². The van der Waals surface area contributed by atoms with Crippen molar-refractivity contribution in [2.45, 2.75) is 12.8 Å². The lowest BCUT2D eigenvalue weighted by atomic mass is 10.1. The van der Waals surface area contributed by atoms with Crippen LogP contribution < -0.4 is 10.6 Å². The number of nitrogens with one attached hydrogen (secondary N) is 2. The second kappa shape index (κ2) is 10.4. The summed E-state index contributed by atoms with van der Waals surface area (Å²) in [4.78, 5) is 11.7. The van der Waals surface area contributed by atoms with Crippen molar-refractivity contribution >= 4 is 5.91 Å². The van der Waals surface area contributed by atoms with Gasteiger partial charge in [0.15, 0.2) is 0 Å². The second-order valence-corrected chi connectivity index (χ2v) is 4.60. The van der Waals surface area contributed by atoms with E-state index >= 15 is 0 Å². The highest BCUT2D eigenvalue weighted by atomic mass is 19.1. The van der Waals surface area contributed by atoms with E-state index in [1.54, 1.807) is 19.2 Å².